The molecule has 2 aromatic rings. The number of ketones is 1. The predicted molar refractivity (Wildman–Crippen MR) is 90.0 cm³/mol. The van der Waals surface area contributed by atoms with Crippen molar-refractivity contribution in [3.05, 3.63) is 41.3 Å². The molecule has 1 aromatic heterocycles. The molecule has 1 aliphatic rings. The van der Waals surface area contributed by atoms with Crippen molar-refractivity contribution < 1.29 is 9.18 Å². The molecule has 0 aliphatic heterocycles. The summed E-state index contributed by atoms with van der Waals surface area (Å²) in [4.78, 5) is 21.0. The van der Waals surface area contributed by atoms with Crippen LogP contribution in [-0.4, -0.2) is 21.5 Å². The summed E-state index contributed by atoms with van der Waals surface area (Å²) in [6.45, 7) is 5.72. The van der Waals surface area contributed by atoms with Crippen molar-refractivity contribution in [3.63, 3.8) is 0 Å². The van der Waals surface area contributed by atoms with Crippen LogP contribution in [0.3, 0.4) is 0 Å². The first kappa shape index (κ1) is 16.1. The molecule has 0 unspecified atom stereocenters. The smallest absolute Gasteiger partial charge is 0.188 e. The minimum Gasteiger partial charge on any atom is -0.298 e. The Kier molecular flexibility index (Phi) is 4.23. The van der Waals surface area contributed by atoms with Gasteiger partial charge in [0.1, 0.15) is 11.6 Å². The van der Waals surface area contributed by atoms with Gasteiger partial charge in [0.15, 0.2) is 5.16 Å². The van der Waals surface area contributed by atoms with Crippen molar-refractivity contribution in [1.82, 2.24) is 9.97 Å². The Morgan fingerprint density at radius 2 is 2.00 bits per heavy atom. The summed E-state index contributed by atoms with van der Waals surface area (Å²) in [5.74, 6) is 0.251. The average Bonchev–Trinajstić information content (AvgIpc) is 2.51. The number of thioether (sulfide) groups is 1. The number of Topliss-reactive ketones (excluding diaryl/α,β-unsaturated/α-hetero) is 1. The van der Waals surface area contributed by atoms with Gasteiger partial charge < -0.3 is 0 Å². The average molecular weight is 330 g/mol. The van der Waals surface area contributed by atoms with Crippen LogP contribution in [0.4, 0.5) is 4.39 Å². The van der Waals surface area contributed by atoms with Gasteiger partial charge in [-0.05, 0) is 36.1 Å². The maximum absolute atomic E-state index is 13.6. The fourth-order valence-electron chi connectivity index (χ4n) is 2.48. The van der Waals surface area contributed by atoms with Crippen LogP contribution < -0.4 is 0 Å². The van der Waals surface area contributed by atoms with E-state index in [-0.39, 0.29) is 17.0 Å². The maximum atomic E-state index is 13.6. The zero-order valence-corrected chi connectivity index (χ0v) is 14.3. The molecule has 0 atom stereocenters. The lowest BCUT2D eigenvalue weighted by Crippen LogP contribution is -2.22. The lowest BCUT2D eigenvalue weighted by Gasteiger charge is -2.19. The molecule has 120 valence electrons. The van der Waals surface area contributed by atoms with Crippen LogP contribution in [0, 0.1) is 11.2 Å². The van der Waals surface area contributed by atoms with Crippen molar-refractivity contribution in [1.29, 1.82) is 0 Å². The van der Waals surface area contributed by atoms with Gasteiger partial charge in [-0.3, -0.25) is 4.79 Å². The lowest BCUT2D eigenvalue weighted by molar-refractivity contribution is -0.123. The summed E-state index contributed by atoms with van der Waals surface area (Å²) < 4.78 is 13.6. The molecule has 0 amide bonds. The topological polar surface area (TPSA) is 42.9 Å². The number of hydrogen-bond acceptors (Lipinski definition) is 4. The van der Waals surface area contributed by atoms with Crippen molar-refractivity contribution >= 4 is 17.5 Å². The van der Waals surface area contributed by atoms with Gasteiger partial charge in [0.25, 0.3) is 0 Å². The molecule has 0 radical (unpaired) electrons. The van der Waals surface area contributed by atoms with Crippen molar-refractivity contribution in [3.8, 4) is 11.3 Å². The monoisotopic (exact) mass is 330 g/mol. The minimum atomic E-state index is -0.364. The first-order chi connectivity index (χ1) is 10.8. The van der Waals surface area contributed by atoms with Crippen LogP contribution in [0.2, 0.25) is 0 Å². The quantitative estimate of drug-likeness (QED) is 0.628. The number of nitrogens with zero attached hydrogens (tertiary/aromatic N) is 2. The number of hydrogen-bond donors (Lipinski definition) is 0. The summed E-state index contributed by atoms with van der Waals surface area (Å²) >= 11 is 1.34. The van der Waals surface area contributed by atoms with E-state index in [1.807, 2.05) is 26.8 Å². The Bertz CT molecular complexity index is 768. The van der Waals surface area contributed by atoms with Crippen LogP contribution in [-0.2, 0) is 17.6 Å². The normalized spacial score (nSPS) is 13.4. The molecule has 5 heteroatoms. The Hall–Kier alpha value is -1.75. The third kappa shape index (κ3) is 3.44. The second kappa shape index (κ2) is 6.04. The minimum absolute atomic E-state index is 0.162. The molecule has 1 heterocycles. The molecule has 1 aliphatic carbocycles. The highest BCUT2D eigenvalue weighted by Gasteiger charge is 2.23. The summed E-state index contributed by atoms with van der Waals surface area (Å²) in [6.07, 6.45) is 3.54. The van der Waals surface area contributed by atoms with E-state index in [4.69, 9.17) is 0 Å². The summed E-state index contributed by atoms with van der Waals surface area (Å²) in [5.41, 5.74) is 3.43. The van der Waals surface area contributed by atoms with Crippen LogP contribution >= 0.6 is 11.8 Å². The van der Waals surface area contributed by atoms with Gasteiger partial charge in [-0.2, -0.15) is 0 Å². The van der Waals surface area contributed by atoms with Crippen LogP contribution in [0.15, 0.2) is 29.6 Å². The lowest BCUT2D eigenvalue weighted by atomic mass is 9.90. The van der Waals surface area contributed by atoms with Gasteiger partial charge in [-0.15, -0.1) is 0 Å². The summed E-state index contributed by atoms with van der Waals surface area (Å²) in [7, 11) is 0. The standard InChI is InChI=1S/C18H19FN2OS/c1-18(2,3)15(22)10-23-17-20-9-12-5-4-11-6-7-13(19)8-14(11)16(12)21-17/h6-9H,4-5,10H2,1-3H3. The van der Waals surface area contributed by atoms with Gasteiger partial charge in [-0.1, -0.05) is 38.6 Å². The van der Waals surface area contributed by atoms with Gasteiger partial charge in [-0.25, -0.2) is 14.4 Å². The number of aromatic nitrogens is 2. The van der Waals surface area contributed by atoms with Crippen molar-refractivity contribution in [2.75, 3.05) is 5.75 Å². The number of halogens is 1. The van der Waals surface area contributed by atoms with Crippen molar-refractivity contribution in [2.24, 2.45) is 5.41 Å². The number of carbonyl (C=O) groups excluding carboxylic acids is 1. The molecular formula is C18H19FN2OS. The van der Waals surface area contributed by atoms with Crippen LogP contribution in [0.1, 0.15) is 31.9 Å². The highest BCUT2D eigenvalue weighted by molar-refractivity contribution is 7.99. The van der Waals surface area contributed by atoms with E-state index in [9.17, 15) is 9.18 Å². The summed E-state index contributed by atoms with van der Waals surface area (Å²) in [6, 6.07) is 4.85. The predicted octanol–water partition coefficient (Wildman–Crippen LogP) is 4.09. The Balaban J connectivity index is 1.87. The molecule has 0 N–H and O–H groups in total. The highest BCUT2D eigenvalue weighted by Crippen LogP contribution is 2.33. The Labute approximate surface area is 139 Å². The van der Waals surface area contributed by atoms with Crippen LogP contribution in [0.5, 0.6) is 0 Å². The first-order valence-electron chi connectivity index (χ1n) is 7.65. The van der Waals surface area contributed by atoms with E-state index in [2.05, 4.69) is 9.97 Å². The molecule has 0 saturated heterocycles. The van der Waals surface area contributed by atoms with E-state index >= 15 is 0 Å². The number of carbonyl (C=O) groups is 1. The fourth-order valence-corrected chi connectivity index (χ4v) is 3.46. The molecular weight excluding hydrogens is 311 g/mol. The van der Waals surface area contributed by atoms with Crippen molar-refractivity contribution in [2.45, 2.75) is 38.8 Å². The molecule has 0 bridgehead atoms. The van der Waals surface area contributed by atoms with Gasteiger partial charge in [0.05, 0.1) is 11.4 Å². The Morgan fingerprint density at radius 3 is 2.74 bits per heavy atom. The molecule has 23 heavy (non-hydrogen) atoms. The van der Waals surface area contributed by atoms with E-state index in [0.29, 0.717) is 10.9 Å². The first-order valence-corrected chi connectivity index (χ1v) is 8.64. The van der Waals surface area contributed by atoms with E-state index < -0.39 is 0 Å². The molecule has 3 rings (SSSR count). The SMILES string of the molecule is CC(C)(C)C(=O)CSc1ncc2c(n1)-c1cc(F)ccc1CC2. The highest BCUT2D eigenvalue weighted by atomic mass is 32.2. The van der Waals surface area contributed by atoms with E-state index in [1.54, 1.807) is 6.20 Å². The van der Waals surface area contributed by atoms with Gasteiger partial charge in [0, 0.05) is 17.2 Å². The van der Waals surface area contributed by atoms with Gasteiger partial charge >= 0.3 is 0 Å². The number of benzene rings is 1. The number of aryl methyl sites for hydroxylation is 2. The molecule has 0 fully saturated rings. The van der Waals surface area contributed by atoms with Crippen LogP contribution in [0.25, 0.3) is 11.3 Å². The maximum Gasteiger partial charge on any atom is 0.188 e. The van der Waals surface area contributed by atoms with E-state index in [1.165, 1.54) is 23.9 Å². The second-order valence-electron chi connectivity index (χ2n) is 6.79. The molecule has 0 spiro atoms. The largest absolute Gasteiger partial charge is 0.298 e. The number of rotatable bonds is 3. The fraction of sp³-hybridized carbons (Fsp3) is 0.389. The molecule has 3 nitrogen and oxygen atoms in total. The van der Waals surface area contributed by atoms with E-state index in [0.717, 1.165) is 35.2 Å². The van der Waals surface area contributed by atoms with Gasteiger partial charge in [0.2, 0.25) is 0 Å². The zero-order chi connectivity index (χ0) is 16.6. The third-order valence-electron chi connectivity index (χ3n) is 4.00. The second-order valence-corrected chi connectivity index (χ2v) is 7.73. The zero-order valence-electron chi connectivity index (χ0n) is 13.5. The Morgan fingerprint density at radius 1 is 1.26 bits per heavy atom. The third-order valence-corrected chi connectivity index (χ3v) is 4.86. The number of fused-ring (bicyclic) bond motifs is 3. The molecule has 0 saturated carbocycles. The molecule has 1 aromatic carbocycles. The summed E-state index contributed by atoms with van der Waals surface area (Å²) in [5, 5.41) is 0.568.